The van der Waals surface area contributed by atoms with E-state index in [4.69, 9.17) is 15.6 Å². The molecule has 1 aromatic rings. The average Bonchev–Trinajstić information content (AvgIpc) is 2.37. The maximum absolute atomic E-state index is 11.8. The van der Waals surface area contributed by atoms with Crippen molar-refractivity contribution in [2.75, 3.05) is 12.3 Å². The van der Waals surface area contributed by atoms with Crippen LogP contribution in [0, 0.1) is 5.92 Å². The van der Waals surface area contributed by atoms with Gasteiger partial charge in [-0.3, -0.25) is 4.79 Å². The average molecular weight is 294 g/mol. The standard InChI is InChI=1S/C15H22N2O4/c1-9(2)6-7-17-14(18)10(3)21-11-4-5-12(15(19)20)13(16)8-11/h4-5,8-10H,6-7,16H2,1-3H3,(H,17,18)(H,19,20). The highest BCUT2D eigenvalue weighted by molar-refractivity contribution is 5.93. The van der Waals surface area contributed by atoms with Gasteiger partial charge in [0.15, 0.2) is 6.10 Å². The van der Waals surface area contributed by atoms with E-state index < -0.39 is 12.1 Å². The molecule has 0 aliphatic heterocycles. The predicted octanol–water partition coefficient (Wildman–Crippen LogP) is 1.90. The maximum Gasteiger partial charge on any atom is 0.337 e. The number of aromatic carboxylic acids is 1. The Morgan fingerprint density at radius 3 is 2.52 bits per heavy atom. The summed E-state index contributed by atoms with van der Waals surface area (Å²) < 4.78 is 5.46. The van der Waals surface area contributed by atoms with Crippen molar-refractivity contribution in [3.05, 3.63) is 23.8 Å². The molecule has 0 fully saturated rings. The molecule has 0 saturated heterocycles. The van der Waals surface area contributed by atoms with Gasteiger partial charge in [0.2, 0.25) is 0 Å². The zero-order chi connectivity index (χ0) is 16.0. The van der Waals surface area contributed by atoms with E-state index in [2.05, 4.69) is 19.2 Å². The number of nitrogens with one attached hydrogen (secondary N) is 1. The molecule has 0 aliphatic rings. The molecule has 116 valence electrons. The van der Waals surface area contributed by atoms with Crippen molar-refractivity contribution < 1.29 is 19.4 Å². The summed E-state index contributed by atoms with van der Waals surface area (Å²) in [7, 11) is 0. The van der Waals surface area contributed by atoms with E-state index in [9.17, 15) is 9.59 Å². The van der Waals surface area contributed by atoms with E-state index in [1.165, 1.54) is 18.2 Å². The van der Waals surface area contributed by atoms with E-state index in [1.807, 2.05) is 0 Å². The first-order valence-electron chi connectivity index (χ1n) is 6.88. The fraction of sp³-hybridized carbons (Fsp3) is 0.467. The number of carbonyl (C=O) groups excluding carboxylic acids is 1. The third kappa shape index (κ3) is 5.33. The van der Waals surface area contributed by atoms with Gasteiger partial charge in [-0.05, 0) is 31.4 Å². The fourth-order valence-corrected chi connectivity index (χ4v) is 1.69. The number of hydrogen-bond acceptors (Lipinski definition) is 4. The lowest BCUT2D eigenvalue weighted by Gasteiger charge is -2.16. The van der Waals surface area contributed by atoms with E-state index >= 15 is 0 Å². The Morgan fingerprint density at radius 2 is 2.00 bits per heavy atom. The van der Waals surface area contributed by atoms with Crippen LogP contribution in [0.25, 0.3) is 0 Å². The van der Waals surface area contributed by atoms with Gasteiger partial charge >= 0.3 is 5.97 Å². The summed E-state index contributed by atoms with van der Waals surface area (Å²) >= 11 is 0. The van der Waals surface area contributed by atoms with Gasteiger partial charge in [0.05, 0.1) is 5.56 Å². The van der Waals surface area contributed by atoms with Gasteiger partial charge in [0.25, 0.3) is 5.91 Å². The van der Waals surface area contributed by atoms with Crippen LogP contribution in [-0.2, 0) is 4.79 Å². The normalized spacial score (nSPS) is 12.0. The number of carbonyl (C=O) groups is 2. The Kier molecular flexibility index (Phi) is 6.02. The monoisotopic (exact) mass is 294 g/mol. The van der Waals surface area contributed by atoms with Crippen molar-refractivity contribution in [3.8, 4) is 5.75 Å². The van der Waals surface area contributed by atoms with Gasteiger partial charge in [-0.2, -0.15) is 0 Å². The van der Waals surface area contributed by atoms with Crippen LogP contribution >= 0.6 is 0 Å². The lowest BCUT2D eigenvalue weighted by molar-refractivity contribution is -0.127. The number of nitrogens with two attached hydrogens (primary N) is 1. The van der Waals surface area contributed by atoms with Crippen LogP contribution in [0.15, 0.2) is 18.2 Å². The first kappa shape index (κ1) is 16.8. The number of ether oxygens (including phenoxy) is 1. The van der Waals surface area contributed by atoms with E-state index in [1.54, 1.807) is 6.92 Å². The molecule has 0 heterocycles. The van der Waals surface area contributed by atoms with Crippen molar-refractivity contribution in [2.45, 2.75) is 33.3 Å². The molecule has 1 rings (SSSR count). The second kappa shape index (κ2) is 7.52. The first-order valence-corrected chi connectivity index (χ1v) is 6.88. The molecule has 0 spiro atoms. The number of carboxylic acid groups (broad SMARTS) is 1. The Hall–Kier alpha value is -2.24. The minimum atomic E-state index is -1.10. The zero-order valence-electron chi connectivity index (χ0n) is 12.6. The van der Waals surface area contributed by atoms with Gasteiger partial charge in [-0.15, -0.1) is 0 Å². The summed E-state index contributed by atoms with van der Waals surface area (Å²) in [6.45, 7) is 6.40. The molecule has 6 heteroatoms. The highest BCUT2D eigenvalue weighted by Crippen LogP contribution is 2.21. The summed E-state index contributed by atoms with van der Waals surface area (Å²) in [5.74, 6) is -0.427. The van der Waals surface area contributed by atoms with Crippen LogP contribution in [0.4, 0.5) is 5.69 Å². The third-order valence-electron chi connectivity index (χ3n) is 2.96. The Labute approximate surface area is 124 Å². The molecule has 0 bridgehead atoms. The highest BCUT2D eigenvalue weighted by Gasteiger charge is 2.15. The number of hydrogen-bond donors (Lipinski definition) is 3. The Balaban J connectivity index is 2.58. The Morgan fingerprint density at radius 1 is 1.33 bits per heavy atom. The fourth-order valence-electron chi connectivity index (χ4n) is 1.69. The van der Waals surface area contributed by atoms with Gasteiger partial charge in [0.1, 0.15) is 5.75 Å². The van der Waals surface area contributed by atoms with Crippen LogP contribution in [0.2, 0.25) is 0 Å². The van der Waals surface area contributed by atoms with Crippen molar-refractivity contribution in [3.63, 3.8) is 0 Å². The van der Waals surface area contributed by atoms with Crippen LogP contribution < -0.4 is 15.8 Å². The SMILES string of the molecule is CC(C)CCNC(=O)C(C)Oc1ccc(C(=O)O)c(N)c1. The lowest BCUT2D eigenvalue weighted by atomic mass is 10.1. The molecule has 1 unspecified atom stereocenters. The quantitative estimate of drug-likeness (QED) is 0.667. The van der Waals surface area contributed by atoms with Crippen molar-refractivity contribution in [1.82, 2.24) is 5.32 Å². The molecule has 1 aromatic carbocycles. The number of anilines is 1. The molecule has 0 radical (unpaired) electrons. The summed E-state index contributed by atoms with van der Waals surface area (Å²) in [5, 5.41) is 11.7. The third-order valence-corrected chi connectivity index (χ3v) is 2.96. The smallest absolute Gasteiger partial charge is 0.337 e. The summed E-state index contributed by atoms with van der Waals surface area (Å²) in [6, 6.07) is 4.25. The minimum Gasteiger partial charge on any atom is -0.481 e. The maximum atomic E-state index is 11.8. The van der Waals surface area contributed by atoms with Crippen molar-refractivity contribution >= 4 is 17.6 Å². The van der Waals surface area contributed by atoms with E-state index in [0.717, 1.165) is 6.42 Å². The number of nitrogen functional groups attached to an aromatic ring is 1. The second-order valence-corrected chi connectivity index (χ2v) is 5.29. The summed E-state index contributed by atoms with van der Waals surface area (Å²) in [5.41, 5.74) is 5.74. The lowest BCUT2D eigenvalue weighted by Crippen LogP contribution is -2.37. The van der Waals surface area contributed by atoms with Gasteiger partial charge < -0.3 is 20.9 Å². The van der Waals surface area contributed by atoms with Crippen LogP contribution in [0.3, 0.4) is 0 Å². The van der Waals surface area contributed by atoms with E-state index in [-0.39, 0.29) is 17.2 Å². The molecule has 21 heavy (non-hydrogen) atoms. The molecule has 4 N–H and O–H groups in total. The molecule has 1 amide bonds. The Bertz CT molecular complexity index is 514. The van der Waals surface area contributed by atoms with E-state index in [0.29, 0.717) is 18.2 Å². The van der Waals surface area contributed by atoms with Crippen molar-refractivity contribution in [2.24, 2.45) is 5.92 Å². The summed E-state index contributed by atoms with van der Waals surface area (Å²) in [6.07, 6.45) is 0.228. The second-order valence-electron chi connectivity index (χ2n) is 5.29. The first-order chi connectivity index (χ1) is 9.81. The molecule has 0 aromatic heterocycles. The molecule has 1 atom stereocenters. The van der Waals surface area contributed by atoms with Crippen molar-refractivity contribution in [1.29, 1.82) is 0 Å². The molecular formula is C15H22N2O4. The zero-order valence-corrected chi connectivity index (χ0v) is 12.6. The van der Waals surface area contributed by atoms with Crippen LogP contribution in [-0.4, -0.2) is 29.6 Å². The summed E-state index contributed by atoms with van der Waals surface area (Å²) in [4.78, 5) is 22.7. The molecule has 6 nitrogen and oxygen atoms in total. The van der Waals surface area contributed by atoms with Crippen LogP contribution in [0.1, 0.15) is 37.6 Å². The highest BCUT2D eigenvalue weighted by atomic mass is 16.5. The largest absolute Gasteiger partial charge is 0.481 e. The number of carboxylic acids is 1. The molecule has 0 saturated carbocycles. The predicted molar refractivity (Wildman–Crippen MR) is 80.4 cm³/mol. The van der Waals surface area contributed by atoms with Crippen LogP contribution in [0.5, 0.6) is 5.75 Å². The van der Waals surface area contributed by atoms with Gasteiger partial charge in [-0.25, -0.2) is 4.79 Å². The molecule has 0 aliphatic carbocycles. The van der Waals surface area contributed by atoms with Gasteiger partial charge in [-0.1, -0.05) is 13.8 Å². The topological polar surface area (TPSA) is 102 Å². The number of benzene rings is 1. The number of amides is 1. The molecular weight excluding hydrogens is 272 g/mol. The number of rotatable bonds is 7. The minimum absolute atomic E-state index is 0.0105. The van der Waals surface area contributed by atoms with Gasteiger partial charge in [0, 0.05) is 18.3 Å².